The third-order valence-corrected chi connectivity index (χ3v) is 9.19. The number of esters is 2. The van der Waals surface area contributed by atoms with Crippen molar-refractivity contribution in [2.75, 3.05) is 21.3 Å². The molecule has 0 spiro atoms. The lowest BCUT2D eigenvalue weighted by atomic mass is 10.0. The Kier molecular flexibility index (Phi) is 8.36. The largest absolute Gasteiger partial charge is 0.469 e. The van der Waals surface area contributed by atoms with Crippen molar-refractivity contribution in [2.45, 2.75) is 19.0 Å². The summed E-state index contributed by atoms with van der Waals surface area (Å²) in [6, 6.07) is 18.6. The number of carbonyl (C=O) groups is 3. The second-order valence-electron chi connectivity index (χ2n) is 6.58. The number of amides is 1. The van der Waals surface area contributed by atoms with Gasteiger partial charge in [0.15, 0.2) is 0 Å². The van der Waals surface area contributed by atoms with Gasteiger partial charge < -0.3 is 14.2 Å². The first-order chi connectivity index (χ1) is 14.4. The number of hydrogen-bond donors (Lipinski definition) is 0. The van der Waals surface area contributed by atoms with E-state index in [-0.39, 0.29) is 6.42 Å². The van der Waals surface area contributed by atoms with Gasteiger partial charge in [0.1, 0.15) is 0 Å². The summed E-state index contributed by atoms with van der Waals surface area (Å²) in [5.74, 6) is -1.98. The average Bonchev–Trinajstić information content (AvgIpc) is 2.80. The minimum Gasteiger partial charge on any atom is -0.469 e. The summed E-state index contributed by atoms with van der Waals surface area (Å²) in [5.41, 5.74) is -0.548. The van der Waals surface area contributed by atoms with Gasteiger partial charge in [-0.1, -0.05) is 67.6 Å². The number of methoxy groups -OCH3 is 3. The fourth-order valence-corrected chi connectivity index (χ4v) is 7.42. The molecule has 0 bridgehead atoms. The van der Waals surface area contributed by atoms with Gasteiger partial charge in [-0.15, -0.1) is 0 Å². The second-order valence-corrected chi connectivity index (χ2v) is 10.00. The molecule has 2 atom stereocenters. The predicted molar refractivity (Wildman–Crippen MR) is 116 cm³/mol. The molecule has 0 aromatic heterocycles. The van der Waals surface area contributed by atoms with Crippen LogP contribution in [0.3, 0.4) is 0 Å². The monoisotopic (exact) mass is 431 g/mol. The Balaban J connectivity index is 2.85. The molecule has 0 saturated carbocycles. The topological polar surface area (TPSA) is 91.3 Å². The maximum Gasteiger partial charge on any atom is 0.432 e. The summed E-state index contributed by atoms with van der Waals surface area (Å²) in [6.07, 6.45) is -0.938. The number of ether oxygens (including phenoxy) is 3. The quantitative estimate of drug-likeness (QED) is 0.379. The molecule has 0 aliphatic heterocycles. The summed E-state index contributed by atoms with van der Waals surface area (Å²) in [4.78, 5) is 37.2. The highest BCUT2D eigenvalue weighted by molar-refractivity contribution is 7.81. The zero-order chi connectivity index (χ0) is 22.1. The van der Waals surface area contributed by atoms with Crippen LogP contribution < -0.4 is 10.6 Å². The van der Waals surface area contributed by atoms with Crippen LogP contribution in [0.15, 0.2) is 65.4 Å². The van der Waals surface area contributed by atoms with Crippen LogP contribution >= 0.6 is 7.05 Å². The summed E-state index contributed by atoms with van der Waals surface area (Å²) in [5, 5.41) is 1.57. The van der Waals surface area contributed by atoms with E-state index in [4.69, 9.17) is 14.2 Å². The highest BCUT2D eigenvalue weighted by Gasteiger charge is 2.42. The zero-order valence-corrected chi connectivity index (χ0v) is 18.4. The molecule has 0 saturated heterocycles. The van der Waals surface area contributed by atoms with E-state index in [1.165, 1.54) is 21.3 Å². The Morgan fingerprint density at radius 3 is 1.73 bits per heavy atom. The lowest BCUT2D eigenvalue weighted by molar-refractivity contribution is -0.151. The fraction of sp³-hybridized carbons (Fsp3) is 0.318. The van der Waals surface area contributed by atoms with Crippen molar-refractivity contribution in [1.82, 2.24) is 0 Å². The molecule has 2 rings (SSSR count). The smallest absolute Gasteiger partial charge is 0.432 e. The molecule has 2 aromatic rings. The molecule has 0 aliphatic carbocycles. The molecule has 160 valence electrons. The highest BCUT2D eigenvalue weighted by Crippen LogP contribution is 2.55. The lowest BCUT2D eigenvalue weighted by Crippen LogP contribution is -2.36. The van der Waals surface area contributed by atoms with Gasteiger partial charge in [0, 0.05) is 12.7 Å². The maximum atomic E-state index is 12.7. The van der Waals surface area contributed by atoms with E-state index >= 15 is 0 Å². The van der Waals surface area contributed by atoms with Crippen LogP contribution in [-0.4, -0.2) is 45.0 Å². The first kappa shape index (κ1) is 23.4. The first-order valence-corrected chi connectivity index (χ1v) is 11.2. The molecule has 8 heteroatoms. The summed E-state index contributed by atoms with van der Waals surface area (Å²) < 4.78 is 19.2. The fourth-order valence-electron chi connectivity index (χ4n) is 3.43. The molecular weight excluding hydrogens is 405 g/mol. The molecular formula is C22H26NO6P. The Labute approximate surface area is 176 Å². The van der Waals surface area contributed by atoms with E-state index < -0.39 is 36.7 Å². The van der Waals surface area contributed by atoms with Crippen molar-refractivity contribution in [3.8, 4) is 0 Å². The molecule has 1 amide bonds. The third kappa shape index (κ3) is 4.97. The molecule has 0 aliphatic rings. The molecule has 0 fully saturated rings. The van der Waals surface area contributed by atoms with Gasteiger partial charge in [0.05, 0.1) is 33.7 Å². The van der Waals surface area contributed by atoms with Gasteiger partial charge in [-0.05, 0) is 10.6 Å². The van der Waals surface area contributed by atoms with Gasteiger partial charge in [-0.25, -0.2) is 4.79 Å². The van der Waals surface area contributed by atoms with Gasteiger partial charge in [-0.2, -0.15) is 4.74 Å². The van der Waals surface area contributed by atoms with Crippen molar-refractivity contribution in [1.29, 1.82) is 0 Å². The summed E-state index contributed by atoms with van der Waals surface area (Å²) >= 11 is 0. The Morgan fingerprint density at radius 2 is 1.33 bits per heavy atom. The van der Waals surface area contributed by atoms with Gasteiger partial charge in [-0.3, -0.25) is 9.59 Å². The van der Waals surface area contributed by atoms with Crippen molar-refractivity contribution in [3.05, 3.63) is 60.7 Å². The van der Waals surface area contributed by atoms with Crippen molar-refractivity contribution < 1.29 is 28.6 Å². The van der Waals surface area contributed by atoms with Crippen LogP contribution in [0.2, 0.25) is 0 Å². The number of carbonyl (C=O) groups excluding carboxylic acids is 3. The average molecular weight is 431 g/mol. The standard InChI is InChI=1S/C22H26NO6P/c1-16(19(21(25)28-3)15-20(24)27-2)30(23-22(26)29-4,17-11-7-5-8-12-17)18-13-9-6-10-14-18/h5-14,16,19H,15H2,1-4H3/t16-,19-/m1/s1. The predicted octanol–water partition coefficient (Wildman–Crippen LogP) is 3.35. The molecule has 2 aromatic carbocycles. The number of benzene rings is 2. The molecule has 30 heavy (non-hydrogen) atoms. The van der Waals surface area contributed by atoms with Gasteiger partial charge in [0.2, 0.25) is 0 Å². The third-order valence-electron chi connectivity index (χ3n) is 5.00. The van der Waals surface area contributed by atoms with Crippen molar-refractivity contribution >= 4 is 35.7 Å². The minimum atomic E-state index is -2.91. The van der Waals surface area contributed by atoms with Crippen LogP contribution in [0, 0.1) is 5.92 Å². The van der Waals surface area contributed by atoms with Crippen LogP contribution in [-0.2, 0) is 23.8 Å². The molecule has 0 N–H and O–H groups in total. The molecule has 0 heterocycles. The molecule has 0 radical (unpaired) electrons. The lowest BCUT2D eigenvalue weighted by Gasteiger charge is -2.35. The van der Waals surface area contributed by atoms with E-state index in [0.717, 1.165) is 10.6 Å². The summed E-state index contributed by atoms with van der Waals surface area (Å²) in [7, 11) is 0.871. The highest BCUT2D eigenvalue weighted by atomic mass is 31.2. The van der Waals surface area contributed by atoms with E-state index in [0.29, 0.717) is 0 Å². The van der Waals surface area contributed by atoms with Crippen LogP contribution in [0.25, 0.3) is 0 Å². The van der Waals surface area contributed by atoms with E-state index in [1.807, 2.05) is 67.6 Å². The Bertz CT molecular complexity index is 886. The molecule has 7 nitrogen and oxygen atoms in total. The van der Waals surface area contributed by atoms with Crippen LogP contribution in [0.1, 0.15) is 13.3 Å². The van der Waals surface area contributed by atoms with Crippen molar-refractivity contribution in [2.24, 2.45) is 10.7 Å². The zero-order valence-electron chi connectivity index (χ0n) is 17.5. The molecule has 0 unspecified atom stereocenters. The number of rotatable bonds is 7. The Morgan fingerprint density at radius 1 is 0.833 bits per heavy atom. The maximum absolute atomic E-state index is 12.7. The van der Waals surface area contributed by atoms with E-state index in [1.54, 1.807) is 0 Å². The second kappa shape index (κ2) is 10.7. The number of nitrogens with zero attached hydrogens (tertiary/aromatic N) is 1. The van der Waals surface area contributed by atoms with Crippen LogP contribution in [0.4, 0.5) is 4.79 Å². The summed E-state index contributed by atoms with van der Waals surface area (Å²) in [6.45, 7) is 1.81. The first-order valence-electron chi connectivity index (χ1n) is 9.36. The minimum absolute atomic E-state index is 0.192. The van der Waals surface area contributed by atoms with Gasteiger partial charge >= 0.3 is 18.0 Å². The normalized spacial score (nSPS) is 12.9. The van der Waals surface area contributed by atoms with Crippen molar-refractivity contribution in [3.63, 3.8) is 0 Å². The van der Waals surface area contributed by atoms with E-state index in [9.17, 15) is 14.4 Å². The number of hydrogen-bond acceptors (Lipinski definition) is 6. The SMILES string of the molecule is COC(=O)C[C@@H](C(=O)OC)[C@@H](C)P(=NC(=O)OC)(c1ccccc1)c1ccccc1. The van der Waals surface area contributed by atoms with Crippen LogP contribution in [0.5, 0.6) is 0 Å². The van der Waals surface area contributed by atoms with Gasteiger partial charge in [0.25, 0.3) is 0 Å². The Hall–Kier alpha value is -2.92. The van der Waals surface area contributed by atoms with E-state index in [2.05, 4.69) is 4.74 Å².